The summed E-state index contributed by atoms with van der Waals surface area (Å²) in [5.41, 5.74) is 1.78. The van der Waals surface area contributed by atoms with Gasteiger partial charge >= 0.3 is 6.03 Å². The summed E-state index contributed by atoms with van der Waals surface area (Å²) in [5.74, 6) is -1.66. The number of methoxy groups -OCH3 is 1. The van der Waals surface area contributed by atoms with Gasteiger partial charge in [-0.05, 0) is 66.3 Å². The van der Waals surface area contributed by atoms with E-state index in [1.165, 1.54) is 12.1 Å². The molecule has 0 bridgehead atoms. The van der Waals surface area contributed by atoms with E-state index in [4.69, 9.17) is 16.3 Å². The van der Waals surface area contributed by atoms with E-state index in [2.05, 4.69) is 10.6 Å². The summed E-state index contributed by atoms with van der Waals surface area (Å²) in [6, 6.07) is 17.9. The number of nitrogens with zero attached hydrogens (tertiary/aromatic N) is 1. The van der Waals surface area contributed by atoms with Crippen LogP contribution in [-0.4, -0.2) is 41.8 Å². The number of carbonyl (C=O) groups is 3. The number of halogens is 2. The van der Waals surface area contributed by atoms with Gasteiger partial charge in [-0.15, -0.1) is 0 Å². The normalized spacial score (nSPS) is 22.2. The first kappa shape index (κ1) is 30.5. The van der Waals surface area contributed by atoms with Gasteiger partial charge in [0.1, 0.15) is 17.6 Å². The maximum Gasteiger partial charge on any atom is 0.318 e. The Hall–Kier alpha value is -3.91. The molecule has 4 unspecified atom stereocenters. The molecular weight excluding hydrogens is 569 g/mol. The maximum atomic E-state index is 14.3. The number of Topliss-reactive ketones (excluding diaryl/α,β-unsaturated/α-hetero) is 1. The van der Waals surface area contributed by atoms with Gasteiger partial charge in [0.25, 0.3) is 0 Å². The first-order chi connectivity index (χ1) is 20.8. The average molecular weight is 606 g/mol. The number of nitrogens with one attached hydrogen (secondary N) is 2. The fourth-order valence-electron chi connectivity index (χ4n) is 6.48. The molecule has 1 saturated carbocycles. The fourth-order valence-corrected chi connectivity index (χ4v) is 6.71. The molecule has 2 aliphatic rings. The molecule has 1 heterocycles. The van der Waals surface area contributed by atoms with Crippen LogP contribution in [0.3, 0.4) is 0 Å². The van der Waals surface area contributed by atoms with Gasteiger partial charge in [-0.3, -0.25) is 9.59 Å². The largest absolute Gasteiger partial charge is 0.497 e. The number of ether oxygens (including phenoxy) is 1. The van der Waals surface area contributed by atoms with Crippen molar-refractivity contribution >= 4 is 29.3 Å². The quantitative estimate of drug-likeness (QED) is 0.280. The van der Waals surface area contributed by atoms with Gasteiger partial charge in [-0.1, -0.05) is 74.2 Å². The zero-order valence-electron chi connectivity index (χ0n) is 24.4. The van der Waals surface area contributed by atoms with E-state index < -0.39 is 23.9 Å². The molecule has 1 aliphatic carbocycles. The molecular formula is C34H37ClFN3O4. The molecule has 3 aromatic rings. The summed E-state index contributed by atoms with van der Waals surface area (Å²) in [5, 5.41) is 6.44. The fraction of sp³-hybridized carbons (Fsp3) is 0.382. The lowest BCUT2D eigenvalue weighted by atomic mass is 9.80. The van der Waals surface area contributed by atoms with Crippen molar-refractivity contribution in [2.45, 2.75) is 63.7 Å². The molecule has 43 heavy (non-hydrogen) atoms. The maximum absolute atomic E-state index is 14.3. The SMILES string of the molecule is COc1ccc(C2C(C(=O)c3ccccc3Cl)C(C)C(C(=O)NCc3ccc(F)cc3)N2C(=O)NC2CCCCC2)cc1. The lowest BCUT2D eigenvalue weighted by molar-refractivity contribution is -0.126. The monoisotopic (exact) mass is 605 g/mol. The summed E-state index contributed by atoms with van der Waals surface area (Å²) in [6.45, 7) is 1.99. The zero-order chi connectivity index (χ0) is 30.5. The van der Waals surface area contributed by atoms with Crippen LogP contribution in [-0.2, 0) is 11.3 Å². The number of amides is 3. The first-order valence-corrected chi connectivity index (χ1v) is 15.2. The van der Waals surface area contributed by atoms with Crippen molar-refractivity contribution in [3.8, 4) is 5.75 Å². The summed E-state index contributed by atoms with van der Waals surface area (Å²) in [6.07, 6.45) is 4.92. The number of hydrogen-bond acceptors (Lipinski definition) is 4. The van der Waals surface area contributed by atoms with Crippen LogP contribution in [0.15, 0.2) is 72.8 Å². The molecule has 0 aromatic heterocycles. The standard InChI is InChI=1S/C34H37ClFN3O4/c1-21-29(32(40)27-10-6-7-11-28(27)35)31(23-14-18-26(43-2)19-15-23)39(34(42)38-25-8-4-3-5-9-25)30(21)33(41)37-20-22-12-16-24(36)17-13-22/h6-7,10-19,21,25,29-31H,3-5,8-9,20H2,1-2H3,(H,37,41)(H,38,42). The Kier molecular flexibility index (Phi) is 9.65. The Labute approximate surface area is 256 Å². The van der Waals surface area contributed by atoms with Gasteiger partial charge in [-0.25, -0.2) is 9.18 Å². The molecule has 3 aromatic carbocycles. The van der Waals surface area contributed by atoms with Crippen LogP contribution in [0.4, 0.5) is 9.18 Å². The highest BCUT2D eigenvalue weighted by molar-refractivity contribution is 6.34. The Morgan fingerprint density at radius 1 is 0.953 bits per heavy atom. The lowest BCUT2D eigenvalue weighted by Gasteiger charge is -2.34. The molecule has 2 N–H and O–H groups in total. The van der Waals surface area contributed by atoms with Crippen molar-refractivity contribution in [3.63, 3.8) is 0 Å². The highest BCUT2D eigenvalue weighted by atomic mass is 35.5. The van der Waals surface area contributed by atoms with E-state index in [0.717, 1.165) is 32.1 Å². The summed E-state index contributed by atoms with van der Waals surface area (Å²) in [7, 11) is 1.57. The van der Waals surface area contributed by atoms with E-state index >= 15 is 0 Å². The van der Waals surface area contributed by atoms with Gasteiger partial charge in [0, 0.05) is 18.2 Å². The molecule has 3 amide bonds. The molecule has 0 spiro atoms. The first-order valence-electron chi connectivity index (χ1n) is 14.8. The number of ketones is 1. The lowest BCUT2D eigenvalue weighted by Crippen LogP contribution is -2.53. The zero-order valence-corrected chi connectivity index (χ0v) is 25.1. The Balaban J connectivity index is 1.55. The van der Waals surface area contributed by atoms with Gasteiger partial charge < -0.3 is 20.3 Å². The van der Waals surface area contributed by atoms with Gasteiger partial charge in [0.2, 0.25) is 5.91 Å². The van der Waals surface area contributed by atoms with E-state index in [-0.39, 0.29) is 36.1 Å². The molecule has 1 aliphatic heterocycles. The molecule has 0 radical (unpaired) electrons. The molecule has 7 nitrogen and oxygen atoms in total. The highest BCUT2D eigenvalue weighted by Gasteiger charge is 2.55. The second-order valence-electron chi connectivity index (χ2n) is 11.4. The Morgan fingerprint density at radius 3 is 2.28 bits per heavy atom. The number of carbonyl (C=O) groups excluding carboxylic acids is 3. The van der Waals surface area contributed by atoms with Crippen molar-refractivity contribution in [2.24, 2.45) is 11.8 Å². The molecule has 226 valence electrons. The van der Waals surface area contributed by atoms with Crippen molar-refractivity contribution in [1.82, 2.24) is 15.5 Å². The second-order valence-corrected chi connectivity index (χ2v) is 11.8. The summed E-state index contributed by atoms with van der Waals surface area (Å²) in [4.78, 5) is 44.0. The number of likely N-dealkylation sites (tertiary alicyclic amines) is 1. The molecule has 5 rings (SSSR count). The van der Waals surface area contributed by atoms with Crippen LogP contribution in [0, 0.1) is 17.7 Å². The minimum atomic E-state index is -0.951. The van der Waals surface area contributed by atoms with Crippen LogP contribution < -0.4 is 15.4 Å². The predicted octanol–water partition coefficient (Wildman–Crippen LogP) is 6.71. The van der Waals surface area contributed by atoms with E-state index in [0.29, 0.717) is 27.5 Å². The van der Waals surface area contributed by atoms with E-state index in [9.17, 15) is 18.8 Å². The van der Waals surface area contributed by atoms with Crippen LogP contribution in [0.25, 0.3) is 0 Å². The molecule has 9 heteroatoms. The average Bonchev–Trinajstić information content (AvgIpc) is 3.34. The van der Waals surface area contributed by atoms with Crippen molar-refractivity contribution in [1.29, 1.82) is 0 Å². The second kappa shape index (κ2) is 13.6. The van der Waals surface area contributed by atoms with Gasteiger partial charge in [-0.2, -0.15) is 0 Å². The predicted molar refractivity (Wildman–Crippen MR) is 163 cm³/mol. The topological polar surface area (TPSA) is 87.7 Å². The van der Waals surface area contributed by atoms with Crippen LogP contribution >= 0.6 is 11.6 Å². The van der Waals surface area contributed by atoms with Crippen molar-refractivity contribution in [3.05, 3.63) is 100 Å². The van der Waals surface area contributed by atoms with Crippen LogP contribution in [0.1, 0.15) is 66.6 Å². The highest BCUT2D eigenvalue weighted by Crippen LogP contribution is 2.47. The third-order valence-electron chi connectivity index (χ3n) is 8.72. The van der Waals surface area contributed by atoms with E-state index in [1.54, 1.807) is 60.5 Å². The van der Waals surface area contributed by atoms with Gasteiger partial charge in [0.05, 0.1) is 24.1 Å². The van der Waals surface area contributed by atoms with Crippen LogP contribution in [0.5, 0.6) is 5.75 Å². The number of urea groups is 1. The Morgan fingerprint density at radius 2 is 1.63 bits per heavy atom. The summed E-state index contributed by atoms with van der Waals surface area (Å²) >= 11 is 6.50. The molecule has 1 saturated heterocycles. The minimum Gasteiger partial charge on any atom is -0.497 e. The minimum absolute atomic E-state index is 0.00526. The van der Waals surface area contributed by atoms with E-state index in [1.807, 2.05) is 19.1 Å². The number of rotatable bonds is 8. The Bertz CT molecular complexity index is 1440. The van der Waals surface area contributed by atoms with Crippen molar-refractivity contribution in [2.75, 3.05) is 7.11 Å². The number of hydrogen-bond donors (Lipinski definition) is 2. The van der Waals surface area contributed by atoms with Crippen LogP contribution in [0.2, 0.25) is 5.02 Å². The van der Waals surface area contributed by atoms with Gasteiger partial charge in [0.15, 0.2) is 5.78 Å². The third kappa shape index (κ3) is 6.69. The molecule has 4 atom stereocenters. The van der Waals surface area contributed by atoms with Crippen molar-refractivity contribution < 1.29 is 23.5 Å². The smallest absolute Gasteiger partial charge is 0.318 e. The third-order valence-corrected chi connectivity index (χ3v) is 9.05. The summed E-state index contributed by atoms with van der Waals surface area (Å²) < 4.78 is 18.8. The number of benzene rings is 3. The molecule has 2 fully saturated rings.